The standard InChI is InChI=1S/C27H40N4O3/c1-2-34-26(33)30-19-14-27(20-30)13-10-24(27)29-17-11-21(12-18-29)23-7-5-16-31(23)25(32)9-8-22-6-3-4-15-28-22/h3-4,6,15,21,23-24H,2,5,7-14,16-20H2,1H3/t23-,24?,27?/m0/s1. The van der Waals surface area contributed by atoms with Gasteiger partial charge in [-0.15, -0.1) is 0 Å². The van der Waals surface area contributed by atoms with E-state index in [2.05, 4.69) is 14.8 Å². The molecular weight excluding hydrogens is 428 g/mol. The number of aryl methyl sites for hydroxylation is 1. The van der Waals surface area contributed by atoms with Crippen LogP contribution in [0.5, 0.6) is 0 Å². The number of hydrogen-bond donors (Lipinski definition) is 0. The molecular formula is C27H40N4O3. The lowest BCUT2D eigenvalue weighted by Gasteiger charge is -2.54. The van der Waals surface area contributed by atoms with Crippen LogP contribution < -0.4 is 0 Å². The van der Waals surface area contributed by atoms with Crippen LogP contribution in [-0.4, -0.2) is 83.1 Å². The van der Waals surface area contributed by atoms with Gasteiger partial charge in [-0.3, -0.25) is 14.7 Å². The number of hydrogen-bond acceptors (Lipinski definition) is 5. The number of rotatable bonds is 6. The summed E-state index contributed by atoms with van der Waals surface area (Å²) < 4.78 is 5.25. The molecule has 7 nitrogen and oxygen atoms in total. The minimum absolute atomic E-state index is 0.141. The largest absolute Gasteiger partial charge is 0.450 e. The maximum Gasteiger partial charge on any atom is 0.409 e. The molecule has 1 saturated carbocycles. The highest BCUT2D eigenvalue weighted by atomic mass is 16.6. The predicted octanol–water partition coefficient (Wildman–Crippen LogP) is 3.73. The van der Waals surface area contributed by atoms with E-state index < -0.39 is 0 Å². The monoisotopic (exact) mass is 468 g/mol. The molecule has 4 heterocycles. The Labute approximate surface area is 203 Å². The SMILES string of the molecule is CCOC(=O)N1CCC2(CCC2N2CCC([C@@H]3CCCN3C(=O)CCc3ccccn3)CC2)C1. The van der Waals surface area contributed by atoms with Crippen LogP contribution in [0.2, 0.25) is 0 Å². The van der Waals surface area contributed by atoms with Crippen LogP contribution in [-0.2, 0) is 16.0 Å². The summed E-state index contributed by atoms with van der Waals surface area (Å²) in [7, 11) is 0. The molecule has 2 amide bonds. The van der Waals surface area contributed by atoms with Crippen LogP contribution in [0.1, 0.15) is 64.0 Å². The average Bonchev–Trinajstić information content (AvgIpc) is 3.53. The Morgan fingerprint density at radius 3 is 2.65 bits per heavy atom. The van der Waals surface area contributed by atoms with Gasteiger partial charge in [0.15, 0.2) is 0 Å². The van der Waals surface area contributed by atoms with Crippen LogP contribution in [0.15, 0.2) is 24.4 Å². The van der Waals surface area contributed by atoms with Crippen molar-refractivity contribution < 1.29 is 14.3 Å². The summed E-state index contributed by atoms with van der Waals surface area (Å²) in [6, 6.07) is 6.94. The molecule has 1 aliphatic carbocycles. The smallest absolute Gasteiger partial charge is 0.409 e. The maximum absolute atomic E-state index is 13.0. The molecule has 1 aromatic heterocycles. The summed E-state index contributed by atoms with van der Waals surface area (Å²) in [5.41, 5.74) is 1.28. The summed E-state index contributed by atoms with van der Waals surface area (Å²) in [6.45, 7) is 7.19. The molecule has 1 aromatic rings. The molecule has 186 valence electrons. The first-order valence-electron chi connectivity index (χ1n) is 13.4. The fourth-order valence-corrected chi connectivity index (χ4v) is 7.13. The van der Waals surface area contributed by atoms with E-state index in [1.807, 2.05) is 30.0 Å². The van der Waals surface area contributed by atoms with Crippen LogP contribution in [0.4, 0.5) is 4.79 Å². The lowest BCUT2D eigenvalue weighted by molar-refractivity contribution is -0.133. The Kier molecular flexibility index (Phi) is 7.09. The quantitative estimate of drug-likeness (QED) is 0.637. The summed E-state index contributed by atoms with van der Waals surface area (Å²) in [6.07, 6.45) is 11.2. The first-order valence-corrected chi connectivity index (χ1v) is 13.4. The number of carbonyl (C=O) groups excluding carboxylic acids is 2. The van der Waals surface area contributed by atoms with Gasteiger partial charge < -0.3 is 14.5 Å². The Morgan fingerprint density at radius 1 is 1.09 bits per heavy atom. The Balaban J connectivity index is 1.12. The second-order valence-corrected chi connectivity index (χ2v) is 10.8. The summed E-state index contributed by atoms with van der Waals surface area (Å²) in [5, 5.41) is 0. The molecule has 3 aliphatic heterocycles. The number of carbonyl (C=O) groups is 2. The second kappa shape index (κ2) is 10.2. The molecule has 4 aliphatic rings. The zero-order chi connectivity index (χ0) is 23.5. The molecule has 3 atom stereocenters. The van der Waals surface area contributed by atoms with Crippen LogP contribution >= 0.6 is 0 Å². The second-order valence-electron chi connectivity index (χ2n) is 10.8. The van der Waals surface area contributed by atoms with Crippen LogP contribution in [0, 0.1) is 11.3 Å². The van der Waals surface area contributed by atoms with E-state index in [9.17, 15) is 9.59 Å². The van der Waals surface area contributed by atoms with Gasteiger partial charge in [-0.05, 0) is 89.4 Å². The van der Waals surface area contributed by atoms with E-state index in [0.717, 1.165) is 64.1 Å². The number of piperidine rings is 1. The number of aromatic nitrogens is 1. The third kappa shape index (κ3) is 4.68. The van der Waals surface area contributed by atoms with Gasteiger partial charge in [-0.1, -0.05) is 6.07 Å². The molecule has 34 heavy (non-hydrogen) atoms. The summed E-state index contributed by atoms with van der Waals surface area (Å²) in [4.78, 5) is 36.5. The third-order valence-electron chi connectivity index (χ3n) is 9.03. The van der Waals surface area contributed by atoms with E-state index >= 15 is 0 Å². The minimum Gasteiger partial charge on any atom is -0.450 e. The molecule has 4 fully saturated rings. The molecule has 0 N–H and O–H groups in total. The van der Waals surface area contributed by atoms with E-state index in [-0.39, 0.29) is 11.5 Å². The molecule has 5 rings (SSSR count). The normalized spacial score (nSPS) is 30.0. The number of nitrogens with zero attached hydrogens (tertiary/aromatic N) is 4. The molecule has 7 heteroatoms. The van der Waals surface area contributed by atoms with Gasteiger partial charge in [0.05, 0.1) is 6.61 Å². The Morgan fingerprint density at radius 2 is 1.94 bits per heavy atom. The lowest BCUT2D eigenvalue weighted by atomic mass is 9.62. The number of likely N-dealkylation sites (tertiary alicyclic amines) is 3. The summed E-state index contributed by atoms with van der Waals surface area (Å²) in [5.74, 6) is 0.923. The fourth-order valence-electron chi connectivity index (χ4n) is 7.13. The van der Waals surface area contributed by atoms with Gasteiger partial charge in [0, 0.05) is 55.4 Å². The minimum atomic E-state index is -0.141. The van der Waals surface area contributed by atoms with E-state index in [0.29, 0.717) is 36.9 Å². The van der Waals surface area contributed by atoms with Crippen molar-refractivity contribution >= 4 is 12.0 Å². The number of pyridine rings is 1. The molecule has 1 spiro atoms. The van der Waals surface area contributed by atoms with Crippen molar-refractivity contribution in [3.8, 4) is 0 Å². The Bertz CT molecular complexity index is 857. The van der Waals surface area contributed by atoms with Gasteiger partial charge in [0.25, 0.3) is 0 Å². The number of ether oxygens (including phenoxy) is 1. The van der Waals surface area contributed by atoms with Crippen molar-refractivity contribution in [2.75, 3.05) is 39.3 Å². The van der Waals surface area contributed by atoms with Crippen molar-refractivity contribution in [2.24, 2.45) is 11.3 Å². The van der Waals surface area contributed by atoms with Gasteiger partial charge in [0.1, 0.15) is 0 Å². The van der Waals surface area contributed by atoms with Crippen molar-refractivity contribution in [3.05, 3.63) is 30.1 Å². The van der Waals surface area contributed by atoms with E-state index in [4.69, 9.17) is 4.74 Å². The molecule has 0 aromatic carbocycles. The molecule has 0 radical (unpaired) electrons. The van der Waals surface area contributed by atoms with Gasteiger partial charge >= 0.3 is 6.09 Å². The van der Waals surface area contributed by atoms with Crippen molar-refractivity contribution in [1.82, 2.24) is 19.7 Å². The average molecular weight is 469 g/mol. The maximum atomic E-state index is 13.0. The van der Waals surface area contributed by atoms with Crippen LogP contribution in [0.3, 0.4) is 0 Å². The molecule has 0 bridgehead atoms. The first-order chi connectivity index (χ1) is 16.6. The van der Waals surface area contributed by atoms with Crippen molar-refractivity contribution in [3.63, 3.8) is 0 Å². The fraction of sp³-hybridized carbons (Fsp3) is 0.741. The molecule has 2 unspecified atom stereocenters. The topological polar surface area (TPSA) is 66.0 Å². The summed E-state index contributed by atoms with van der Waals surface area (Å²) >= 11 is 0. The zero-order valence-corrected chi connectivity index (χ0v) is 20.7. The predicted molar refractivity (Wildman–Crippen MR) is 130 cm³/mol. The Hall–Kier alpha value is -2.15. The van der Waals surface area contributed by atoms with Crippen molar-refractivity contribution in [1.29, 1.82) is 0 Å². The van der Waals surface area contributed by atoms with Gasteiger partial charge in [0.2, 0.25) is 5.91 Å². The van der Waals surface area contributed by atoms with Crippen molar-refractivity contribution in [2.45, 2.75) is 76.8 Å². The van der Waals surface area contributed by atoms with Gasteiger partial charge in [-0.2, -0.15) is 0 Å². The van der Waals surface area contributed by atoms with E-state index in [1.165, 1.54) is 25.7 Å². The third-order valence-corrected chi connectivity index (χ3v) is 9.03. The zero-order valence-electron chi connectivity index (χ0n) is 20.7. The first kappa shape index (κ1) is 23.6. The highest BCUT2D eigenvalue weighted by Gasteiger charge is 2.54. The number of amides is 2. The highest BCUT2D eigenvalue weighted by molar-refractivity contribution is 5.77. The highest BCUT2D eigenvalue weighted by Crippen LogP contribution is 2.51. The lowest BCUT2D eigenvalue weighted by Crippen LogP contribution is -2.59. The van der Waals surface area contributed by atoms with Crippen LogP contribution in [0.25, 0.3) is 0 Å². The van der Waals surface area contributed by atoms with Gasteiger partial charge in [-0.25, -0.2) is 4.79 Å². The van der Waals surface area contributed by atoms with E-state index in [1.54, 1.807) is 6.20 Å². The molecule has 3 saturated heterocycles.